The summed E-state index contributed by atoms with van der Waals surface area (Å²) in [7, 11) is 0. The van der Waals surface area contributed by atoms with Gasteiger partial charge in [-0.05, 0) is 23.8 Å². The van der Waals surface area contributed by atoms with Gasteiger partial charge < -0.3 is 20.2 Å². The molecule has 3 atom stereocenters. The van der Waals surface area contributed by atoms with Crippen molar-refractivity contribution >= 4 is 12.0 Å². The van der Waals surface area contributed by atoms with Crippen LogP contribution in [0.15, 0.2) is 42.5 Å². The molecule has 5 rings (SSSR count). The summed E-state index contributed by atoms with van der Waals surface area (Å²) in [4.78, 5) is 27.5. The average molecular weight is 518 g/mol. The van der Waals surface area contributed by atoms with E-state index in [9.17, 15) is 22.8 Å². The van der Waals surface area contributed by atoms with Gasteiger partial charge in [-0.2, -0.15) is 0 Å². The number of carbonyl (C=O) groups excluding carboxylic acids is 1. The first kappa shape index (κ1) is 27.0. The second-order valence-electron chi connectivity index (χ2n) is 10.2. The molecule has 2 unspecified atom stereocenters. The van der Waals surface area contributed by atoms with Crippen molar-refractivity contribution in [3.8, 4) is 0 Å². The number of likely N-dealkylation sites (tertiary alicyclic amines) is 2. The van der Waals surface area contributed by atoms with Crippen molar-refractivity contribution in [3.05, 3.63) is 71.0 Å². The van der Waals surface area contributed by atoms with Crippen molar-refractivity contribution in [1.82, 2.24) is 15.1 Å². The zero-order chi connectivity index (χ0) is 26.4. The van der Waals surface area contributed by atoms with E-state index >= 15 is 0 Å². The molecule has 2 N–H and O–H groups in total. The van der Waals surface area contributed by atoms with Crippen molar-refractivity contribution in [2.24, 2.45) is 11.8 Å². The zero-order valence-electron chi connectivity index (χ0n) is 20.8. The van der Waals surface area contributed by atoms with Gasteiger partial charge in [-0.15, -0.1) is 0 Å². The van der Waals surface area contributed by atoms with Gasteiger partial charge in [0.1, 0.15) is 23.0 Å². The molecule has 37 heavy (non-hydrogen) atoms. The Bertz CT molecular complexity index is 1040. The molecule has 9 heteroatoms. The lowest BCUT2D eigenvalue weighted by atomic mass is 10.0. The van der Waals surface area contributed by atoms with E-state index in [1.807, 2.05) is 30.3 Å². The Balaban J connectivity index is 0.000000572. The van der Waals surface area contributed by atoms with Crippen molar-refractivity contribution in [1.29, 1.82) is 0 Å². The van der Waals surface area contributed by atoms with Gasteiger partial charge in [0.15, 0.2) is 0 Å². The number of amides is 2. The number of fused-ring (bicyclic) bond motifs is 1. The first-order valence-corrected chi connectivity index (χ1v) is 13.0. The van der Waals surface area contributed by atoms with Gasteiger partial charge in [0, 0.05) is 44.9 Å². The molecule has 6 nitrogen and oxygen atoms in total. The number of carbonyl (C=O) groups is 2. The van der Waals surface area contributed by atoms with Gasteiger partial charge in [-0.25, -0.2) is 18.0 Å². The van der Waals surface area contributed by atoms with E-state index in [4.69, 9.17) is 5.11 Å². The molecule has 0 bridgehead atoms. The molecule has 2 aliphatic heterocycles. The maximum absolute atomic E-state index is 14.0. The molecule has 0 radical (unpaired) electrons. The topological polar surface area (TPSA) is 72.9 Å². The van der Waals surface area contributed by atoms with Crippen LogP contribution in [0.5, 0.6) is 0 Å². The Labute approximate surface area is 215 Å². The van der Waals surface area contributed by atoms with Gasteiger partial charge in [0.05, 0.1) is 6.04 Å². The van der Waals surface area contributed by atoms with E-state index in [1.165, 1.54) is 37.0 Å². The number of rotatable bonds is 6. The Morgan fingerprint density at radius 1 is 0.892 bits per heavy atom. The normalized spacial score (nSPS) is 21.8. The molecule has 0 spiro atoms. The van der Waals surface area contributed by atoms with E-state index in [2.05, 4.69) is 10.2 Å². The number of hydrogen-bond donors (Lipinski definition) is 2. The van der Waals surface area contributed by atoms with Gasteiger partial charge in [-0.1, -0.05) is 62.4 Å². The number of hydrogen-bond acceptors (Lipinski definition) is 3. The fraction of sp³-hybridized carbons (Fsp3) is 0.500. The van der Waals surface area contributed by atoms with Crippen molar-refractivity contribution in [2.45, 2.75) is 44.6 Å². The number of nitrogens with zero attached hydrogens (tertiary/aromatic N) is 2. The number of nitrogens with one attached hydrogen (secondary N) is 1. The minimum atomic E-state index is -1.19. The van der Waals surface area contributed by atoms with Gasteiger partial charge in [0.2, 0.25) is 0 Å². The molecule has 1 aliphatic carbocycles. The highest BCUT2D eigenvalue weighted by molar-refractivity contribution is 5.95. The van der Waals surface area contributed by atoms with Crippen LogP contribution in [-0.2, 0) is 0 Å². The van der Waals surface area contributed by atoms with Crippen LogP contribution in [0.25, 0.3) is 0 Å². The highest BCUT2D eigenvalue weighted by Gasteiger charge is 2.42. The summed E-state index contributed by atoms with van der Waals surface area (Å²) in [5.74, 6) is -3.85. The number of carboxylic acid groups (broad SMARTS) is 1. The molecule has 3 aliphatic rings. The lowest BCUT2D eigenvalue weighted by Gasteiger charge is -2.24. The molecule has 2 heterocycles. The molecule has 2 saturated heterocycles. The Morgan fingerprint density at radius 3 is 1.95 bits per heavy atom. The summed E-state index contributed by atoms with van der Waals surface area (Å²) >= 11 is 0. The third-order valence-corrected chi connectivity index (χ3v) is 7.55. The minimum Gasteiger partial charge on any atom is -0.465 e. The quantitative estimate of drug-likeness (QED) is 0.534. The predicted molar refractivity (Wildman–Crippen MR) is 134 cm³/mol. The molecule has 0 aromatic heterocycles. The first-order valence-electron chi connectivity index (χ1n) is 13.0. The van der Waals surface area contributed by atoms with Crippen LogP contribution in [0, 0.1) is 29.3 Å². The van der Waals surface area contributed by atoms with E-state index in [1.54, 1.807) is 0 Å². The van der Waals surface area contributed by atoms with Crippen molar-refractivity contribution in [3.63, 3.8) is 0 Å². The Kier molecular flexibility index (Phi) is 9.08. The van der Waals surface area contributed by atoms with Crippen LogP contribution >= 0.6 is 0 Å². The Hall–Kier alpha value is -3.07. The molecule has 2 aromatic rings. The fourth-order valence-electron chi connectivity index (χ4n) is 5.70. The SMILES string of the molecule is C1CCCC1.O=C(O)NC(CCN1CC2CN(C(=O)c3c(F)cc(F)cc3F)C[C@@H]2C1)c1ccccc1. The Morgan fingerprint density at radius 2 is 1.43 bits per heavy atom. The zero-order valence-corrected chi connectivity index (χ0v) is 20.8. The highest BCUT2D eigenvalue weighted by atomic mass is 19.1. The second kappa shape index (κ2) is 12.4. The van der Waals surface area contributed by atoms with E-state index in [0.29, 0.717) is 38.2 Å². The largest absolute Gasteiger partial charge is 0.465 e. The summed E-state index contributed by atoms with van der Waals surface area (Å²) in [5, 5.41) is 11.7. The molecular weight excluding hydrogens is 483 g/mol. The second-order valence-corrected chi connectivity index (χ2v) is 10.2. The lowest BCUT2D eigenvalue weighted by molar-refractivity contribution is 0.0764. The molecule has 3 fully saturated rings. The van der Waals surface area contributed by atoms with E-state index in [-0.39, 0.29) is 17.9 Å². The maximum Gasteiger partial charge on any atom is 0.405 e. The van der Waals surface area contributed by atoms with Crippen LogP contribution < -0.4 is 5.32 Å². The fourth-order valence-corrected chi connectivity index (χ4v) is 5.70. The molecule has 2 aromatic carbocycles. The summed E-state index contributed by atoms with van der Waals surface area (Å²) in [6.07, 6.45) is 7.02. The van der Waals surface area contributed by atoms with Crippen LogP contribution in [0.3, 0.4) is 0 Å². The van der Waals surface area contributed by atoms with Crippen molar-refractivity contribution < 1.29 is 27.9 Å². The van der Waals surface area contributed by atoms with E-state index < -0.39 is 35.0 Å². The summed E-state index contributed by atoms with van der Waals surface area (Å²) in [5.41, 5.74) is 0.183. The van der Waals surface area contributed by atoms with Crippen LogP contribution in [0.4, 0.5) is 18.0 Å². The van der Waals surface area contributed by atoms with Crippen LogP contribution in [0.2, 0.25) is 0 Å². The summed E-state index contributed by atoms with van der Waals surface area (Å²) < 4.78 is 41.1. The third-order valence-electron chi connectivity index (χ3n) is 7.55. The number of halogens is 3. The maximum atomic E-state index is 14.0. The average Bonchev–Trinajstić information content (AvgIpc) is 3.61. The monoisotopic (exact) mass is 517 g/mol. The predicted octanol–water partition coefficient (Wildman–Crippen LogP) is 5.46. The van der Waals surface area contributed by atoms with Crippen LogP contribution in [0.1, 0.15) is 60.5 Å². The smallest absolute Gasteiger partial charge is 0.405 e. The molecule has 1 saturated carbocycles. The van der Waals surface area contributed by atoms with E-state index in [0.717, 1.165) is 18.7 Å². The molecular formula is C28H34F3N3O3. The minimum absolute atomic E-state index is 0.174. The van der Waals surface area contributed by atoms with Gasteiger partial charge in [-0.3, -0.25) is 4.79 Å². The van der Waals surface area contributed by atoms with Gasteiger partial charge >= 0.3 is 6.09 Å². The first-order chi connectivity index (χ1) is 17.8. The van der Waals surface area contributed by atoms with Crippen molar-refractivity contribution in [2.75, 3.05) is 32.7 Å². The van der Waals surface area contributed by atoms with Crippen LogP contribution in [-0.4, -0.2) is 59.6 Å². The summed E-state index contributed by atoms with van der Waals surface area (Å²) in [6, 6.07) is 10.1. The van der Waals surface area contributed by atoms with Gasteiger partial charge in [0.25, 0.3) is 5.91 Å². The summed E-state index contributed by atoms with van der Waals surface area (Å²) in [6.45, 7) is 2.88. The molecule has 200 valence electrons. The number of benzene rings is 2. The molecule has 2 amide bonds. The lowest BCUT2D eigenvalue weighted by Crippen LogP contribution is -2.35. The standard InChI is InChI=1S/C23H24F3N3O3.C5H10/c24-17-8-18(25)21(19(26)9-17)22(30)29-12-15-10-28(11-16(15)13-29)7-6-20(27-23(31)32)14-4-2-1-3-5-14;1-2-4-5-3-1/h1-5,8-9,15-16,20,27H,6-7,10-13H2,(H,31,32);1-5H2/t15-,16?,20?;/m0./s1. The highest BCUT2D eigenvalue weighted by Crippen LogP contribution is 2.33. The third kappa shape index (κ3) is 7.03.